The van der Waals surface area contributed by atoms with Gasteiger partial charge in [-0.2, -0.15) is 0 Å². The van der Waals surface area contributed by atoms with Crippen molar-refractivity contribution >= 4 is 15.7 Å². The molecule has 1 atom stereocenters. The van der Waals surface area contributed by atoms with Crippen LogP contribution >= 0.6 is 0 Å². The Morgan fingerprint density at radius 2 is 1.66 bits per heavy atom. The van der Waals surface area contributed by atoms with Crippen molar-refractivity contribution < 1.29 is 18.3 Å². The Morgan fingerprint density at radius 3 is 2.25 bits per heavy atom. The lowest BCUT2D eigenvalue weighted by Crippen LogP contribution is -2.34. The lowest BCUT2D eigenvalue weighted by Gasteiger charge is -2.28. The van der Waals surface area contributed by atoms with E-state index >= 15 is 0 Å². The van der Waals surface area contributed by atoms with Gasteiger partial charge in [-0.1, -0.05) is 31.5 Å². The Kier molecular flexibility index (Phi) is 7.53. The van der Waals surface area contributed by atoms with Crippen LogP contribution in [0.25, 0.3) is 0 Å². The molecule has 1 aromatic heterocycles. The normalized spacial score (nSPS) is 12.6. The lowest BCUT2D eigenvalue weighted by atomic mass is 10.1. The molecule has 6 nitrogen and oxygen atoms in total. The van der Waals surface area contributed by atoms with E-state index < -0.39 is 16.1 Å². The highest BCUT2D eigenvalue weighted by Crippen LogP contribution is 2.29. The molecule has 0 spiro atoms. The number of aromatic nitrogens is 1. The quantitative estimate of drug-likeness (QED) is 0.509. The Morgan fingerprint density at radius 1 is 1.00 bits per heavy atom. The largest absolute Gasteiger partial charge is 0.491 e. The van der Waals surface area contributed by atoms with Crippen molar-refractivity contribution in [3.05, 3.63) is 83.7 Å². The number of hydrogen-bond acceptors (Lipinski definition) is 5. The number of aliphatic hydroxyl groups is 1. The highest BCUT2D eigenvalue weighted by molar-refractivity contribution is 7.92. The van der Waals surface area contributed by atoms with Crippen molar-refractivity contribution in [3.8, 4) is 5.75 Å². The van der Waals surface area contributed by atoms with Crippen LogP contribution in [0.3, 0.4) is 0 Å². The second-order valence-corrected chi connectivity index (χ2v) is 10.2. The van der Waals surface area contributed by atoms with Crippen LogP contribution in [0.1, 0.15) is 36.6 Å². The second kappa shape index (κ2) is 10.1. The maximum Gasteiger partial charge on any atom is 0.264 e. The molecule has 7 heteroatoms. The third-order valence-corrected chi connectivity index (χ3v) is 6.86. The molecule has 3 rings (SSSR count). The van der Waals surface area contributed by atoms with Crippen LogP contribution < -0.4 is 9.04 Å². The smallest absolute Gasteiger partial charge is 0.264 e. The predicted molar refractivity (Wildman–Crippen MR) is 126 cm³/mol. The van der Waals surface area contributed by atoms with Gasteiger partial charge in [-0.15, -0.1) is 0 Å². The van der Waals surface area contributed by atoms with E-state index in [4.69, 9.17) is 4.74 Å². The maximum atomic E-state index is 13.5. The van der Waals surface area contributed by atoms with Gasteiger partial charge in [0.05, 0.1) is 10.6 Å². The Labute approximate surface area is 190 Å². The number of ether oxygens (including phenoxy) is 1. The summed E-state index contributed by atoms with van der Waals surface area (Å²) in [4.78, 5) is 4.12. The van der Waals surface area contributed by atoms with Crippen molar-refractivity contribution in [1.82, 2.24) is 4.98 Å². The minimum atomic E-state index is -3.75. The summed E-state index contributed by atoms with van der Waals surface area (Å²) in [5.41, 5.74) is 3.39. The van der Waals surface area contributed by atoms with Crippen LogP contribution in [0.5, 0.6) is 5.75 Å². The Balaban J connectivity index is 1.80. The summed E-state index contributed by atoms with van der Waals surface area (Å²) in [5, 5.41) is 10.2. The van der Waals surface area contributed by atoms with Gasteiger partial charge in [-0.25, -0.2) is 8.42 Å². The average Bonchev–Trinajstić information content (AvgIpc) is 2.77. The zero-order chi connectivity index (χ0) is 23.3. The molecule has 170 valence electrons. The zero-order valence-corrected chi connectivity index (χ0v) is 19.7. The molecule has 0 aliphatic carbocycles. The highest BCUT2D eigenvalue weighted by atomic mass is 32.2. The first-order chi connectivity index (χ1) is 15.2. The van der Waals surface area contributed by atoms with Crippen molar-refractivity contribution in [2.24, 2.45) is 5.92 Å². The summed E-state index contributed by atoms with van der Waals surface area (Å²) in [6.45, 7) is 8.34. The maximum absolute atomic E-state index is 13.5. The minimum Gasteiger partial charge on any atom is -0.491 e. The van der Waals surface area contributed by atoms with Gasteiger partial charge in [0.25, 0.3) is 10.0 Å². The monoisotopic (exact) mass is 454 g/mol. The molecule has 0 fully saturated rings. The summed E-state index contributed by atoms with van der Waals surface area (Å²) < 4.78 is 34.1. The molecular formula is C25H30N2O4S. The molecule has 0 saturated heterocycles. The lowest BCUT2D eigenvalue weighted by molar-refractivity contribution is 0.108. The molecule has 1 heterocycles. The molecule has 1 N–H and O–H groups in total. The third kappa shape index (κ3) is 5.66. The molecule has 0 bridgehead atoms. The fourth-order valence-electron chi connectivity index (χ4n) is 3.43. The SMILES string of the molecule is Cc1ccc(N(CC(C)C)S(=O)(=O)c2ccc(OCC(O)c3ccncc3)cc2)c(C)c1. The number of hydrogen-bond donors (Lipinski definition) is 1. The van der Waals surface area contributed by atoms with E-state index in [1.54, 1.807) is 48.8 Å². The van der Waals surface area contributed by atoms with Crippen LogP contribution in [0.2, 0.25) is 0 Å². The van der Waals surface area contributed by atoms with E-state index in [9.17, 15) is 13.5 Å². The second-order valence-electron chi connectivity index (χ2n) is 8.30. The van der Waals surface area contributed by atoms with Crippen LogP contribution in [-0.4, -0.2) is 31.7 Å². The van der Waals surface area contributed by atoms with E-state index in [0.717, 1.165) is 11.1 Å². The first-order valence-electron chi connectivity index (χ1n) is 10.6. The summed E-state index contributed by atoms with van der Waals surface area (Å²) in [6.07, 6.45) is 2.42. The number of pyridine rings is 1. The van der Waals surface area contributed by atoms with Gasteiger partial charge < -0.3 is 9.84 Å². The first kappa shape index (κ1) is 23.8. The molecule has 2 aromatic carbocycles. The highest BCUT2D eigenvalue weighted by Gasteiger charge is 2.27. The van der Waals surface area contributed by atoms with Crippen molar-refractivity contribution in [2.75, 3.05) is 17.5 Å². The van der Waals surface area contributed by atoms with Gasteiger partial charge in [-0.3, -0.25) is 9.29 Å². The van der Waals surface area contributed by atoms with Gasteiger partial charge in [0.1, 0.15) is 18.5 Å². The van der Waals surface area contributed by atoms with Gasteiger partial charge >= 0.3 is 0 Å². The van der Waals surface area contributed by atoms with Crippen LogP contribution in [-0.2, 0) is 10.0 Å². The van der Waals surface area contributed by atoms with Crippen LogP contribution in [0.4, 0.5) is 5.69 Å². The number of rotatable bonds is 9. The molecule has 1 unspecified atom stereocenters. The predicted octanol–water partition coefficient (Wildman–Crippen LogP) is 4.66. The topological polar surface area (TPSA) is 79.7 Å². The summed E-state index contributed by atoms with van der Waals surface area (Å²) in [7, 11) is -3.75. The van der Waals surface area contributed by atoms with Crippen LogP contribution in [0.15, 0.2) is 71.9 Å². The third-order valence-electron chi connectivity index (χ3n) is 5.06. The van der Waals surface area contributed by atoms with Crippen molar-refractivity contribution in [1.29, 1.82) is 0 Å². The number of benzene rings is 2. The van der Waals surface area contributed by atoms with Gasteiger partial charge in [0, 0.05) is 18.9 Å². The Bertz CT molecular complexity index is 1130. The summed E-state index contributed by atoms with van der Waals surface area (Å²) >= 11 is 0. The van der Waals surface area contributed by atoms with E-state index in [1.807, 2.05) is 45.9 Å². The number of anilines is 1. The van der Waals surface area contributed by atoms with Gasteiger partial charge in [0.15, 0.2) is 0 Å². The fourth-order valence-corrected chi connectivity index (χ4v) is 5.13. The van der Waals surface area contributed by atoms with Gasteiger partial charge in [0.2, 0.25) is 0 Å². The standard InChI is InChI=1S/C25H30N2O4S/c1-18(2)16-27(24-10-5-19(3)15-20(24)4)32(29,30)23-8-6-22(7-9-23)31-17-25(28)21-11-13-26-14-12-21/h5-15,18,25,28H,16-17H2,1-4H3. The fraction of sp³-hybridized carbons (Fsp3) is 0.320. The Hall–Kier alpha value is -2.90. The summed E-state index contributed by atoms with van der Waals surface area (Å²) in [5.74, 6) is 0.641. The van der Waals surface area contributed by atoms with Gasteiger partial charge in [-0.05, 0) is 73.4 Å². The number of aliphatic hydroxyl groups excluding tert-OH is 1. The number of sulfonamides is 1. The number of aryl methyl sites for hydroxylation is 2. The van der Waals surface area contributed by atoms with Crippen molar-refractivity contribution in [2.45, 2.75) is 38.7 Å². The molecule has 3 aromatic rings. The van der Waals surface area contributed by atoms with E-state index in [0.29, 0.717) is 23.5 Å². The zero-order valence-electron chi connectivity index (χ0n) is 18.9. The molecular weight excluding hydrogens is 424 g/mol. The number of nitrogens with zero attached hydrogens (tertiary/aromatic N) is 2. The van der Waals surface area contributed by atoms with E-state index in [-0.39, 0.29) is 17.4 Å². The molecule has 0 saturated carbocycles. The molecule has 32 heavy (non-hydrogen) atoms. The molecule has 0 aliphatic rings. The average molecular weight is 455 g/mol. The van der Waals surface area contributed by atoms with E-state index in [2.05, 4.69) is 4.98 Å². The first-order valence-corrected chi connectivity index (χ1v) is 12.0. The van der Waals surface area contributed by atoms with Crippen LogP contribution in [0, 0.1) is 19.8 Å². The van der Waals surface area contributed by atoms with Crippen molar-refractivity contribution in [3.63, 3.8) is 0 Å². The molecule has 0 radical (unpaired) electrons. The minimum absolute atomic E-state index is 0.0537. The van der Waals surface area contributed by atoms with E-state index in [1.165, 1.54) is 4.31 Å². The molecule has 0 aliphatic heterocycles. The molecule has 0 amide bonds. The summed E-state index contributed by atoms with van der Waals surface area (Å²) in [6, 6.07) is 15.5.